The van der Waals surface area contributed by atoms with Crippen molar-refractivity contribution in [3.8, 4) is 0 Å². The molecule has 0 saturated carbocycles. The maximum atomic E-state index is 13.7. The monoisotopic (exact) mass is 895 g/mol. The van der Waals surface area contributed by atoms with Crippen LogP contribution in [0.15, 0.2) is 30.3 Å². The van der Waals surface area contributed by atoms with E-state index in [4.69, 9.17) is 18.9 Å². The van der Waals surface area contributed by atoms with Crippen LogP contribution in [0, 0.1) is 39.9 Å². The Kier molecular flexibility index (Phi) is 20.6. The number of rotatable bonds is 28. The fourth-order valence-corrected chi connectivity index (χ4v) is 7.98. The zero-order valence-corrected chi connectivity index (χ0v) is 37.2. The molecule has 2 rings (SSSR count). The molecular weight excluding hydrogens is 830 g/mol. The van der Waals surface area contributed by atoms with Gasteiger partial charge < -0.3 is 54.5 Å². The second-order valence-corrected chi connectivity index (χ2v) is 17.6. The first-order chi connectivity index (χ1) is 29.3. The van der Waals surface area contributed by atoms with Gasteiger partial charge in [0.05, 0.1) is 53.1 Å². The third kappa shape index (κ3) is 15.6. The molecule has 354 valence electrons. The topological polar surface area (TPSA) is 298 Å². The number of ether oxygens (including phenoxy) is 4. The van der Waals surface area contributed by atoms with Gasteiger partial charge >= 0.3 is 41.8 Å². The van der Waals surface area contributed by atoms with Crippen LogP contribution in [0.5, 0.6) is 0 Å². The maximum absolute atomic E-state index is 13.7. The van der Waals surface area contributed by atoms with E-state index in [0.29, 0.717) is 24.9 Å². The van der Waals surface area contributed by atoms with E-state index in [0.717, 1.165) is 0 Å². The summed E-state index contributed by atoms with van der Waals surface area (Å²) in [5.41, 5.74) is -4.05. The van der Waals surface area contributed by atoms with Crippen molar-refractivity contribution in [1.82, 2.24) is 4.90 Å². The molecule has 0 bridgehead atoms. The van der Waals surface area contributed by atoms with Gasteiger partial charge in [0.1, 0.15) is 38.6 Å². The lowest BCUT2D eigenvalue weighted by atomic mass is 9.65. The summed E-state index contributed by atoms with van der Waals surface area (Å²) in [4.78, 5) is 104. The molecule has 1 aromatic carbocycles. The molecule has 63 heavy (non-hydrogen) atoms. The molecule has 0 aliphatic carbocycles. The maximum Gasteiger partial charge on any atom is 0.311 e. The molecule has 0 radical (unpaired) electrons. The molecule has 6 N–H and O–H groups in total. The van der Waals surface area contributed by atoms with Gasteiger partial charge in [0.2, 0.25) is 5.91 Å². The van der Waals surface area contributed by atoms with Crippen LogP contribution in [0.3, 0.4) is 0 Å². The molecule has 1 amide bonds. The summed E-state index contributed by atoms with van der Waals surface area (Å²) < 4.78 is 21.5. The number of amides is 1. The molecule has 19 nitrogen and oxygen atoms in total. The summed E-state index contributed by atoms with van der Waals surface area (Å²) in [7, 11) is 0. The Bertz CT molecular complexity index is 1750. The SMILES string of the molecule is CCC(C)(CC(C)(CC(C)(C)C(=O)OCC(O)COC(=O)C(C)C(CC(c1ccccc1)C(C(=O)O)C(C)C(=O)O)C(=O)O)C(=O)OCC(O)CO)C(=O)OCCN1CCCC1=O. The number of aliphatic hydroxyl groups excluding tert-OH is 3. The average Bonchev–Trinajstić information content (AvgIpc) is 3.64. The Balaban J connectivity index is 2.17. The van der Waals surface area contributed by atoms with Gasteiger partial charge in [-0.2, -0.15) is 0 Å². The van der Waals surface area contributed by atoms with Gasteiger partial charge in [-0.3, -0.25) is 38.4 Å². The minimum absolute atomic E-state index is 0.0417. The van der Waals surface area contributed by atoms with Crippen molar-refractivity contribution in [3.05, 3.63) is 35.9 Å². The first kappa shape index (κ1) is 54.0. The van der Waals surface area contributed by atoms with E-state index in [1.54, 1.807) is 36.9 Å². The van der Waals surface area contributed by atoms with E-state index in [9.17, 15) is 69.0 Å². The molecule has 9 unspecified atom stereocenters. The van der Waals surface area contributed by atoms with Crippen LogP contribution in [0.2, 0.25) is 0 Å². The molecule has 0 aromatic heterocycles. The second kappa shape index (κ2) is 24.1. The molecule has 1 fully saturated rings. The number of esters is 4. The highest BCUT2D eigenvalue weighted by Crippen LogP contribution is 2.46. The Morgan fingerprint density at radius 1 is 0.730 bits per heavy atom. The summed E-state index contributed by atoms with van der Waals surface area (Å²) in [6, 6.07) is 7.88. The minimum Gasteiger partial charge on any atom is -0.481 e. The fourth-order valence-electron chi connectivity index (χ4n) is 7.98. The molecular formula is C44H65NO18. The fraction of sp³-hybridized carbons (Fsp3) is 0.682. The molecule has 1 aliphatic rings. The van der Waals surface area contributed by atoms with Crippen molar-refractivity contribution in [3.63, 3.8) is 0 Å². The summed E-state index contributed by atoms with van der Waals surface area (Å²) in [6.45, 7) is 8.04. The zero-order chi connectivity index (χ0) is 47.9. The summed E-state index contributed by atoms with van der Waals surface area (Å²) in [5, 5.41) is 59.7. The van der Waals surface area contributed by atoms with Gasteiger partial charge in [-0.05, 0) is 71.3 Å². The molecule has 9 atom stereocenters. The first-order valence-corrected chi connectivity index (χ1v) is 21.0. The van der Waals surface area contributed by atoms with Gasteiger partial charge in [0, 0.05) is 13.0 Å². The highest BCUT2D eigenvalue weighted by Gasteiger charge is 2.50. The predicted molar refractivity (Wildman–Crippen MR) is 220 cm³/mol. The van der Waals surface area contributed by atoms with Crippen molar-refractivity contribution in [2.75, 3.05) is 46.1 Å². The van der Waals surface area contributed by atoms with Gasteiger partial charge in [0.15, 0.2) is 0 Å². The Morgan fingerprint density at radius 2 is 1.30 bits per heavy atom. The molecule has 1 aromatic rings. The van der Waals surface area contributed by atoms with Crippen LogP contribution in [-0.2, 0) is 57.3 Å². The first-order valence-electron chi connectivity index (χ1n) is 21.0. The number of carbonyl (C=O) groups is 8. The van der Waals surface area contributed by atoms with Gasteiger partial charge in [-0.15, -0.1) is 0 Å². The second-order valence-electron chi connectivity index (χ2n) is 17.6. The molecule has 1 heterocycles. The van der Waals surface area contributed by atoms with E-state index in [1.807, 2.05) is 0 Å². The number of carboxylic acids is 3. The highest BCUT2D eigenvalue weighted by atomic mass is 16.6. The zero-order valence-electron chi connectivity index (χ0n) is 37.2. The van der Waals surface area contributed by atoms with Crippen LogP contribution < -0.4 is 0 Å². The number of carboxylic acid groups (broad SMARTS) is 3. The van der Waals surface area contributed by atoms with E-state index in [1.165, 1.54) is 46.8 Å². The Morgan fingerprint density at radius 3 is 1.83 bits per heavy atom. The lowest BCUT2D eigenvalue weighted by Crippen LogP contribution is -2.45. The number of nitrogens with zero attached hydrogens (tertiary/aromatic N) is 1. The van der Waals surface area contributed by atoms with Gasteiger partial charge in [-0.1, -0.05) is 51.1 Å². The van der Waals surface area contributed by atoms with Crippen LogP contribution in [0.4, 0.5) is 0 Å². The van der Waals surface area contributed by atoms with Crippen molar-refractivity contribution >= 4 is 47.7 Å². The summed E-state index contributed by atoms with van der Waals surface area (Å²) in [5.74, 6) is -15.0. The van der Waals surface area contributed by atoms with E-state index >= 15 is 0 Å². The standard InChI is InChI=1S/C44H65NO18/c1-8-43(6,40(58)60-18-17-45-16-12-15-33(45)49)25-44(7,41(59)63-21-29(47)20-46)24-42(4,5)39(57)62-23-30(48)22-61-38(56)26(2)31(36(52)53)19-32(28-13-10-9-11-14-28)34(37(54)55)27(3)35(50)51/h9-11,13-14,26-27,29-32,34,46-48H,8,12,15-25H2,1-7H3,(H,50,51)(H,52,53)(H,54,55). The smallest absolute Gasteiger partial charge is 0.311 e. The van der Waals surface area contributed by atoms with Gasteiger partial charge in [-0.25, -0.2) is 0 Å². The van der Waals surface area contributed by atoms with Crippen molar-refractivity contribution in [2.24, 2.45) is 39.9 Å². The Hall–Kier alpha value is -5.14. The van der Waals surface area contributed by atoms with Crippen LogP contribution in [0.1, 0.15) is 98.5 Å². The lowest BCUT2D eigenvalue weighted by molar-refractivity contribution is -0.172. The van der Waals surface area contributed by atoms with Crippen LogP contribution in [-0.4, -0.2) is 142 Å². The van der Waals surface area contributed by atoms with E-state index < -0.39 is 133 Å². The number of aliphatic hydroxyl groups is 3. The number of hydrogen-bond donors (Lipinski definition) is 6. The summed E-state index contributed by atoms with van der Waals surface area (Å²) >= 11 is 0. The van der Waals surface area contributed by atoms with E-state index in [2.05, 4.69) is 0 Å². The molecule has 19 heteroatoms. The van der Waals surface area contributed by atoms with Crippen LogP contribution >= 0.6 is 0 Å². The Labute approximate surface area is 367 Å². The number of carbonyl (C=O) groups excluding carboxylic acids is 5. The van der Waals surface area contributed by atoms with E-state index in [-0.39, 0.29) is 38.3 Å². The third-order valence-corrected chi connectivity index (χ3v) is 11.8. The quantitative estimate of drug-likeness (QED) is 0.0520. The average molecular weight is 896 g/mol. The molecule has 1 aliphatic heterocycles. The molecule has 1 saturated heterocycles. The number of aliphatic carboxylic acids is 3. The van der Waals surface area contributed by atoms with Crippen LogP contribution in [0.25, 0.3) is 0 Å². The van der Waals surface area contributed by atoms with Gasteiger partial charge in [0.25, 0.3) is 0 Å². The lowest BCUT2D eigenvalue weighted by Gasteiger charge is -2.39. The van der Waals surface area contributed by atoms with Crippen molar-refractivity contribution < 1.29 is 87.9 Å². The predicted octanol–water partition coefficient (Wildman–Crippen LogP) is 2.66. The normalized spacial score (nSPS) is 18.3. The largest absolute Gasteiger partial charge is 0.481 e. The van der Waals surface area contributed by atoms with Crippen molar-refractivity contribution in [2.45, 2.75) is 105 Å². The minimum atomic E-state index is -1.61. The number of benzene rings is 1. The van der Waals surface area contributed by atoms with Crippen molar-refractivity contribution in [1.29, 1.82) is 0 Å². The third-order valence-electron chi connectivity index (χ3n) is 11.8. The number of likely N-dealkylation sites (tertiary alicyclic amines) is 1. The highest BCUT2D eigenvalue weighted by molar-refractivity contribution is 5.84. The number of hydrogen-bond acceptors (Lipinski definition) is 15. The molecule has 0 spiro atoms. The summed E-state index contributed by atoms with van der Waals surface area (Å²) in [6.07, 6.45) is -2.62.